The van der Waals surface area contributed by atoms with Gasteiger partial charge in [0.15, 0.2) is 6.67 Å². The molecule has 3 N–H and O–H groups in total. The lowest BCUT2D eigenvalue weighted by Crippen LogP contribution is -2.71. The van der Waals surface area contributed by atoms with Crippen molar-refractivity contribution < 1.29 is 41.1 Å². The lowest BCUT2D eigenvalue weighted by molar-refractivity contribution is -0.150. The van der Waals surface area contributed by atoms with Crippen LogP contribution in [0.5, 0.6) is 0 Å². The molecule has 2 amide bonds. The number of alkyl halides is 3. The van der Waals surface area contributed by atoms with E-state index in [1.807, 2.05) is 5.32 Å². The zero-order chi connectivity index (χ0) is 23.0. The van der Waals surface area contributed by atoms with E-state index in [1.165, 1.54) is 18.0 Å². The van der Waals surface area contributed by atoms with Gasteiger partial charge in [0.25, 0.3) is 5.91 Å². The number of aliphatic carboxylic acids is 1. The summed E-state index contributed by atoms with van der Waals surface area (Å²) in [5.41, 5.74) is 0.150. The molecule has 1 unspecified atom stereocenters. The lowest BCUT2D eigenvalue weighted by atomic mass is 10.0. The summed E-state index contributed by atoms with van der Waals surface area (Å²) in [6.07, 6.45) is 1.44. The highest BCUT2D eigenvalue weighted by atomic mass is 32.2. The topological polar surface area (TPSA) is 162 Å². The van der Waals surface area contributed by atoms with Crippen LogP contribution < -0.4 is 5.32 Å². The van der Waals surface area contributed by atoms with E-state index in [1.54, 1.807) is 0 Å². The number of aromatic amines is 1. The van der Waals surface area contributed by atoms with Crippen molar-refractivity contribution in [1.82, 2.24) is 25.6 Å². The monoisotopic (exact) mass is 501 g/mol. The third-order valence-corrected chi connectivity index (χ3v) is 8.27. The van der Waals surface area contributed by atoms with Gasteiger partial charge >= 0.3 is 11.2 Å². The summed E-state index contributed by atoms with van der Waals surface area (Å²) in [7, 11) is -5.42. The summed E-state index contributed by atoms with van der Waals surface area (Å²) in [5.74, 6) is -4.95. The number of amides is 2. The second-order valence-electron chi connectivity index (χ2n) is 6.34. The number of halogens is 3. The standard InChI is InChI=1S/C14H14F3N5O6S3/c15-5-14(16,17)31(27,28)4-7(23)19-9-11(24)22-10(13(25)26)6(3-30-12(9)22)2-29-8-1-18-21-20-8/h1,9,12H,2-5H2,(H,19,23)(H,25,26)(H,18,20,21)/t9?,12-/m1/s1. The van der Waals surface area contributed by atoms with Crippen LogP contribution >= 0.6 is 23.5 Å². The molecule has 3 heterocycles. The molecule has 17 heteroatoms. The molecule has 1 fully saturated rings. The Morgan fingerprint density at radius 1 is 1.45 bits per heavy atom. The van der Waals surface area contributed by atoms with Gasteiger partial charge in [-0.05, 0) is 5.57 Å². The van der Waals surface area contributed by atoms with Gasteiger partial charge in [0.2, 0.25) is 15.7 Å². The number of β-lactam (4-membered cyclic amide) rings is 1. The van der Waals surface area contributed by atoms with Crippen molar-refractivity contribution in [3.63, 3.8) is 0 Å². The molecule has 31 heavy (non-hydrogen) atoms. The fraction of sp³-hybridized carbons (Fsp3) is 0.500. The van der Waals surface area contributed by atoms with Crippen LogP contribution in [0.2, 0.25) is 0 Å². The van der Waals surface area contributed by atoms with Gasteiger partial charge in [-0.2, -0.15) is 19.1 Å². The van der Waals surface area contributed by atoms with Crippen LogP contribution in [0, 0.1) is 0 Å². The van der Waals surface area contributed by atoms with E-state index in [2.05, 4.69) is 15.4 Å². The SMILES string of the molecule is O=C(CS(=O)(=O)C(F)(F)CF)NC1C(=O)N2C(C(=O)O)=C(CSc3cn[nH]n3)CS[C@H]12. The number of hydrogen-bond donors (Lipinski definition) is 3. The van der Waals surface area contributed by atoms with E-state index in [-0.39, 0.29) is 17.2 Å². The number of carboxylic acid groups (broad SMARTS) is 1. The molecule has 170 valence electrons. The molecule has 2 aliphatic rings. The number of carboxylic acids is 1. The first-order valence-electron chi connectivity index (χ1n) is 8.32. The molecule has 0 aromatic carbocycles. The molecule has 11 nitrogen and oxygen atoms in total. The predicted octanol–water partition coefficient (Wildman–Crippen LogP) is -0.387. The maximum Gasteiger partial charge on any atom is 0.373 e. The minimum absolute atomic E-state index is 0.186. The highest BCUT2D eigenvalue weighted by Gasteiger charge is 2.55. The van der Waals surface area contributed by atoms with E-state index >= 15 is 0 Å². The van der Waals surface area contributed by atoms with Crippen molar-refractivity contribution in [1.29, 1.82) is 0 Å². The summed E-state index contributed by atoms with van der Waals surface area (Å²) in [5, 5.41) is 16.4. The Morgan fingerprint density at radius 2 is 2.16 bits per heavy atom. The van der Waals surface area contributed by atoms with Gasteiger partial charge in [-0.1, -0.05) is 11.8 Å². The van der Waals surface area contributed by atoms with Crippen molar-refractivity contribution in [2.24, 2.45) is 0 Å². The van der Waals surface area contributed by atoms with Crippen LogP contribution in [-0.2, 0) is 24.2 Å². The second kappa shape index (κ2) is 8.70. The molecule has 0 aliphatic carbocycles. The third kappa shape index (κ3) is 4.52. The summed E-state index contributed by atoms with van der Waals surface area (Å²) in [4.78, 5) is 37.0. The Hall–Kier alpha value is -2.27. The smallest absolute Gasteiger partial charge is 0.373 e. The second-order valence-corrected chi connectivity index (χ2v) is 10.6. The number of carbonyl (C=O) groups excluding carboxylic acids is 2. The van der Waals surface area contributed by atoms with Crippen LogP contribution in [0.4, 0.5) is 13.2 Å². The van der Waals surface area contributed by atoms with E-state index in [9.17, 15) is 41.1 Å². The number of nitrogens with zero attached hydrogens (tertiary/aromatic N) is 3. The van der Waals surface area contributed by atoms with Crippen molar-refractivity contribution in [2.75, 3.05) is 23.9 Å². The molecule has 2 atom stereocenters. The molecular formula is C14H14F3N5O6S3. The fourth-order valence-corrected chi connectivity index (χ4v) is 5.87. The van der Waals surface area contributed by atoms with Crippen molar-refractivity contribution >= 4 is 51.1 Å². The molecule has 0 saturated carbocycles. The lowest BCUT2D eigenvalue weighted by Gasteiger charge is -2.49. The number of hydrogen-bond acceptors (Lipinski definition) is 9. The fourth-order valence-electron chi connectivity index (χ4n) is 2.79. The first-order chi connectivity index (χ1) is 14.5. The van der Waals surface area contributed by atoms with E-state index in [0.717, 1.165) is 16.7 Å². The van der Waals surface area contributed by atoms with Gasteiger partial charge < -0.3 is 10.4 Å². The minimum atomic E-state index is -5.42. The average Bonchev–Trinajstić information content (AvgIpc) is 3.22. The molecule has 0 radical (unpaired) electrons. The first kappa shape index (κ1) is 23.4. The van der Waals surface area contributed by atoms with E-state index in [0.29, 0.717) is 10.6 Å². The Morgan fingerprint density at radius 3 is 2.74 bits per heavy atom. The molecular weight excluding hydrogens is 487 g/mol. The molecule has 1 aromatic heterocycles. The number of rotatable bonds is 9. The number of fused-ring (bicyclic) bond motifs is 1. The number of carbonyl (C=O) groups is 3. The van der Waals surface area contributed by atoms with Crippen molar-refractivity contribution in [2.45, 2.75) is 21.7 Å². The van der Waals surface area contributed by atoms with Crippen LogP contribution in [0.25, 0.3) is 0 Å². The molecule has 3 rings (SSSR count). The van der Waals surface area contributed by atoms with Gasteiger partial charge in [-0.3, -0.25) is 14.5 Å². The molecule has 2 aliphatic heterocycles. The van der Waals surface area contributed by atoms with Crippen LogP contribution in [0.15, 0.2) is 22.5 Å². The molecule has 0 spiro atoms. The largest absolute Gasteiger partial charge is 0.477 e. The van der Waals surface area contributed by atoms with Gasteiger partial charge in [0.1, 0.15) is 27.9 Å². The Bertz CT molecular complexity index is 1030. The quantitative estimate of drug-likeness (QED) is 0.300. The zero-order valence-corrected chi connectivity index (χ0v) is 17.7. The van der Waals surface area contributed by atoms with Crippen molar-refractivity contribution in [3.8, 4) is 0 Å². The van der Waals surface area contributed by atoms with Gasteiger partial charge in [0.05, 0.1) is 6.20 Å². The summed E-state index contributed by atoms with van der Waals surface area (Å²) < 4.78 is 61.4. The van der Waals surface area contributed by atoms with Crippen LogP contribution in [0.1, 0.15) is 0 Å². The molecule has 1 aromatic rings. The van der Waals surface area contributed by atoms with Crippen molar-refractivity contribution in [3.05, 3.63) is 17.5 Å². The highest BCUT2D eigenvalue weighted by molar-refractivity contribution is 8.01. The first-order valence-corrected chi connectivity index (χ1v) is 12.0. The zero-order valence-electron chi connectivity index (χ0n) is 15.2. The van der Waals surface area contributed by atoms with E-state index in [4.69, 9.17) is 0 Å². The Kier molecular flexibility index (Phi) is 6.56. The van der Waals surface area contributed by atoms with Gasteiger partial charge in [0, 0.05) is 11.5 Å². The summed E-state index contributed by atoms with van der Waals surface area (Å²) in [6, 6.07) is -1.30. The van der Waals surface area contributed by atoms with Crippen LogP contribution in [0.3, 0.4) is 0 Å². The number of aromatic nitrogens is 3. The van der Waals surface area contributed by atoms with Crippen LogP contribution in [-0.4, -0.2) is 92.2 Å². The summed E-state index contributed by atoms with van der Waals surface area (Å²) >= 11 is 2.31. The van der Waals surface area contributed by atoms with Gasteiger partial charge in [-0.25, -0.2) is 17.6 Å². The highest BCUT2D eigenvalue weighted by Crippen LogP contribution is 2.41. The van der Waals surface area contributed by atoms with E-state index < -0.39 is 56.7 Å². The maximum atomic E-state index is 13.1. The molecule has 0 bridgehead atoms. The number of sulfone groups is 1. The maximum absolute atomic E-state index is 13.1. The minimum Gasteiger partial charge on any atom is -0.477 e. The Labute approximate surface area is 181 Å². The predicted molar refractivity (Wildman–Crippen MR) is 102 cm³/mol. The number of H-pyrrole nitrogens is 1. The normalized spacial score (nSPS) is 21.5. The number of nitrogens with one attached hydrogen (secondary N) is 2. The van der Waals surface area contributed by atoms with Gasteiger partial charge in [-0.15, -0.1) is 16.9 Å². The molecule has 1 saturated heterocycles. The average molecular weight is 501 g/mol. The third-order valence-electron chi connectivity index (χ3n) is 4.29. The Balaban J connectivity index is 1.69. The summed E-state index contributed by atoms with van der Waals surface area (Å²) in [6.45, 7) is -2.49. The number of thioether (sulfide) groups is 2.